The molecule has 0 saturated carbocycles. The van der Waals surface area contributed by atoms with Crippen LogP contribution in [0.3, 0.4) is 0 Å². The number of nitrogens with zero attached hydrogens (tertiary/aromatic N) is 1. The lowest BCUT2D eigenvalue weighted by atomic mass is 10.3. The Hall–Kier alpha value is -1.69. The number of halogens is 2. The fraction of sp³-hybridized carbons (Fsp3) is 0.462. The standard InChI is InChI=1S/C13H19F2N3O/c1-3-18(4-2)8-7-16-13(19)17-10-5-6-11(14)12(15)9-10/h5-6,9H,3-4,7-8H2,1-2H3,(H2,16,17,19). The number of hydrogen-bond acceptors (Lipinski definition) is 2. The van der Waals surface area contributed by atoms with E-state index in [4.69, 9.17) is 0 Å². The number of likely N-dealkylation sites (N-methyl/N-ethyl adjacent to an activating group) is 1. The van der Waals surface area contributed by atoms with Gasteiger partial charge in [0.15, 0.2) is 11.6 Å². The highest BCUT2D eigenvalue weighted by molar-refractivity contribution is 5.89. The first-order valence-corrected chi connectivity index (χ1v) is 6.29. The Morgan fingerprint density at radius 2 is 1.89 bits per heavy atom. The summed E-state index contributed by atoms with van der Waals surface area (Å²) in [6.45, 7) is 7.18. The van der Waals surface area contributed by atoms with Gasteiger partial charge in [-0.2, -0.15) is 0 Å². The topological polar surface area (TPSA) is 44.4 Å². The van der Waals surface area contributed by atoms with Crippen molar-refractivity contribution >= 4 is 11.7 Å². The summed E-state index contributed by atoms with van der Waals surface area (Å²) in [5.41, 5.74) is 0.222. The summed E-state index contributed by atoms with van der Waals surface area (Å²) in [7, 11) is 0. The summed E-state index contributed by atoms with van der Waals surface area (Å²) in [5.74, 6) is -1.92. The molecule has 6 heteroatoms. The van der Waals surface area contributed by atoms with Crippen molar-refractivity contribution in [2.24, 2.45) is 0 Å². The van der Waals surface area contributed by atoms with Crippen LogP contribution in [0.2, 0.25) is 0 Å². The molecule has 0 unspecified atom stereocenters. The molecule has 106 valence electrons. The number of hydrogen-bond donors (Lipinski definition) is 2. The van der Waals surface area contributed by atoms with Crippen molar-refractivity contribution in [2.75, 3.05) is 31.5 Å². The lowest BCUT2D eigenvalue weighted by molar-refractivity contribution is 0.248. The van der Waals surface area contributed by atoms with E-state index in [1.54, 1.807) is 0 Å². The first-order valence-electron chi connectivity index (χ1n) is 6.29. The van der Waals surface area contributed by atoms with Crippen molar-refractivity contribution in [1.82, 2.24) is 10.2 Å². The number of benzene rings is 1. The number of rotatable bonds is 6. The van der Waals surface area contributed by atoms with E-state index in [1.807, 2.05) is 13.8 Å². The third kappa shape index (κ3) is 5.21. The summed E-state index contributed by atoms with van der Waals surface area (Å²) in [6.07, 6.45) is 0. The lowest BCUT2D eigenvalue weighted by Gasteiger charge is -2.18. The molecule has 0 spiro atoms. The van der Waals surface area contributed by atoms with Crippen LogP contribution in [0.1, 0.15) is 13.8 Å². The number of nitrogens with one attached hydrogen (secondary N) is 2. The van der Waals surface area contributed by atoms with Gasteiger partial charge in [0, 0.05) is 24.8 Å². The van der Waals surface area contributed by atoms with Gasteiger partial charge in [-0.3, -0.25) is 0 Å². The molecule has 0 atom stereocenters. The van der Waals surface area contributed by atoms with Gasteiger partial charge in [0.2, 0.25) is 0 Å². The minimum atomic E-state index is -0.985. The predicted octanol–water partition coefficient (Wildman–Crippen LogP) is 2.43. The molecule has 2 amide bonds. The third-order valence-corrected chi connectivity index (χ3v) is 2.79. The minimum absolute atomic E-state index is 0.222. The van der Waals surface area contributed by atoms with Crippen LogP contribution in [0.5, 0.6) is 0 Å². The van der Waals surface area contributed by atoms with Gasteiger partial charge >= 0.3 is 6.03 Å². The molecule has 0 fully saturated rings. The van der Waals surface area contributed by atoms with Crippen molar-refractivity contribution in [3.8, 4) is 0 Å². The molecule has 0 radical (unpaired) electrons. The first kappa shape index (κ1) is 15.4. The van der Waals surface area contributed by atoms with Crippen molar-refractivity contribution in [1.29, 1.82) is 0 Å². The van der Waals surface area contributed by atoms with Crippen molar-refractivity contribution in [3.63, 3.8) is 0 Å². The molecule has 1 rings (SSSR count). The van der Waals surface area contributed by atoms with E-state index in [-0.39, 0.29) is 5.69 Å². The zero-order valence-electron chi connectivity index (χ0n) is 11.2. The Labute approximate surface area is 111 Å². The zero-order valence-corrected chi connectivity index (χ0v) is 11.2. The third-order valence-electron chi connectivity index (χ3n) is 2.79. The molecule has 0 aliphatic rings. The predicted molar refractivity (Wildman–Crippen MR) is 71.2 cm³/mol. The first-order chi connectivity index (χ1) is 9.06. The van der Waals surface area contributed by atoms with Crippen LogP contribution in [0.15, 0.2) is 18.2 Å². The van der Waals surface area contributed by atoms with Crippen molar-refractivity contribution in [2.45, 2.75) is 13.8 Å². The highest BCUT2D eigenvalue weighted by atomic mass is 19.2. The van der Waals surface area contributed by atoms with E-state index in [1.165, 1.54) is 6.07 Å². The van der Waals surface area contributed by atoms with Gasteiger partial charge in [-0.1, -0.05) is 13.8 Å². The van der Waals surface area contributed by atoms with Crippen molar-refractivity contribution in [3.05, 3.63) is 29.8 Å². The van der Waals surface area contributed by atoms with Gasteiger partial charge < -0.3 is 15.5 Å². The molecule has 0 saturated heterocycles. The minimum Gasteiger partial charge on any atom is -0.337 e. The van der Waals surface area contributed by atoms with E-state index in [2.05, 4.69) is 15.5 Å². The van der Waals surface area contributed by atoms with E-state index >= 15 is 0 Å². The highest BCUT2D eigenvalue weighted by Gasteiger charge is 2.06. The number of urea groups is 1. The zero-order chi connectivity index (χ0) is 14.3. The molecule has 4 nitrogen and oxygen atoms in total. The Morgan fingerprint density at radius 3 is 2.47 bits per heavy atom. The van der Waals surface area contributed by atoms with E-state index in [0.29, 0.717) is 6.54 Å². The smallest absolute Gasteiger partial charge is 0.319 e. The number of amides is 2. The van der Waals surface area contributed by atoms with Gasteiger partial charge in [0.25, 0.3) is 0 Å². The fourth-order valence-electron chi connectivity index (χ4n) is 1.62. The van der Waals surface area contributed by atoms with Crippen molar-refractivity contribution < 1.29 is 13.6 Å². The average molecular weight is 271 g/mol. The summed E-state index contributed by atoms with van der Waals surface area (Å²) >= 11 is 0. The molecular formula is C13H19F2N3O. The van der Waals surface area contributed by atoms with Gasteiger partial charge in [-0.25, -0.2) is 13.6 Å². The quantitative estimate of drug-likeness (QED) is 0.834. The SMILES string of the molecule is CCN(CC)CCNC(=O)Nc1ccc(F)c(F)c1. The Morgan fingerprint density at radius 1 is 1.21 bits per heavy atom. The molecule has 0 heterocycles. The van der Waals surface area contributed by atoms with Crippen LogP contribution in [-0.4, -0.2) is 37.1 Å². The summed E-state index contributed by atoms with van der Waals surface area (Å²) in [6, 6.07) is 2.79. The van der Waals surface area contributed by atoms with E-state index in [9.17, 15) is 13.6 Å². The summed E-state index contributed by atoms with van der Waals surface area (Å²) in [4.78, 5) is 13.7. The van der Waals surface area contributed by atoms with E-state index < -0.39 is 17.7 Å². The number of carbonyl (C=O) groups excluding carboxylic acids is 1. The second kappa shape index (κ2) is 7.68. The Balaban J connectivity index is 2.36. The molecule has 0 aliphatic heterocycles. The molecule has 0 bridgehead atoms. The van der Waals surface area contributed by atoms with Gasteiger partial charge in [0.1, 0.15) is 0 Å². The van der Waals surface area contributed by atoms with Crippen LogP contribution in [0.4, 0.5) is 19.3 Å². The maximum Gasteiger partial charge on any atom is 0.319 e. The maximum atomic E-state index is 12.9. The van der Waals surface area contributed by atoms with Gasteiger partial charge in [0.05, 0.1) is 0 Å². The van der Waals surface area contributed by atoms with Crippen LogP contribution in [0, 0.1) is 11.6 Å². The van der Waals surface area contributed by atoms with Gasteiger partial charge in [-0.05, 0) is 25.2 Å². The molecule has 1 aromatic carbocycles. The van der Waals surface area contributed by atoms with Crippen LogP contribution in [-0.2, 0) is 0 Å². The Bertz CT molecular complexity index is 422. The highest BCUT2D eigenvalue weighted by Crippen LogP contribution is 2.12. The van der Waals surface area contributed by atoms with Crippen LogP contribution in [0.25, 0.3) is 0 Å². The maximum absolute atomic E-state index is 12.9. The molecule has 0 aromatic heterocycles. The second-order valence-electron chi connectivity index (χ2n) is 4.04. The second-order valence-corrected chi connectivity index (χ2v) is 4.04. The van der Waals surface area contributed by atoms with Gasteiger partial charge in [-0.15, -0.1) is 0 Å². The summed E-state index contributed by atoms with van der Waals surface area (Å²) < 4.78 is 25.6. The van der Waals surface area contributed by atoms with E-state index in [0.717, 1.165) is 31.8 Å². The fourth-order valence-corrected chi connectivity index (χ4v) is 1.62. The molecular weight excluding hydrogens is 252 g/mol. The molecule has 1 aromatic rings. The Kier molecular flexibility index (Phi) is 6.21. The van der Waals surface area contributed by atoms with Crippen LogP contribution < -0.4 is 10.6 Å². The number of carbonyl (C=O) groups is 1. The average Bonchev–Trinajstić information content (AvgIpc) is 2.39. The molecule has 0 aliphatic carbocycles. The van der Waals surface area contributed by atoms with Crippen LogP contribution >= 0.6 is 0 Å². The normalized spacial score (nSPS) is 10.6. The summed E-state index contributed by atoms with van der Waals surface area (Å²) in [5, 5.41) is 5.10. The molecule has 19 heavy (non-hydrogen) atoms. The number of anilines is 1. The lowest BCUT2D eigenvalue weighted by Crippen LogP contribution is -2.36. The molecule has 2 N–H and O–H groups in total. The monoisotopic (exact) mass is 271 g/mol. The largest absolute Gasteiger partial charge is 0.337 e.